The number of aromatic amines is 1. The number of carbonyl (C=O) groups excluding carboxylic acids is 1. The van der Waals surface area contributed by atoms with Crippen molar-refractivity contribution in [2.45, 2.75) is 62.7 Å². The number of rotatable bonds is 3. The van der Waals surface area contributed by atoms with Gasteiger partial charge in [0.25, 0.3) is 0 Å². The highest BCUT2D eigenvalue weighted by molar-refractivity contribution is 6.33. The molecule has 4 atom stereocenters. The number of pyridine rings is 1. The lowest BCUT2D eigenvalue weighted by Gasteiger charge is -2.39. The van der Waals surface area contributed by atoms with Crippen molar-refractivity contribution >= 4 is 45.1 Å². The first-order valence-corrected chi connectivity index (χ1v) is 17.4. The Morgan fingerprint density at radius 3 is 2.94 bits per heavy atom. The van der Waals surface area contributed by atoms with Crippen molar-refractivity contribution in [3.8, 4) is 17.3 Å². The molecule has 1 N–H and O–H groups in total. The number of nitrogens with one attached hydrogen (secondary N) is 1. The van der Waals surface area contributed by atoms with Gasteiger partial charge in [0.2, 0.25) is 5.91 Å². The SMILES string of the molecule is O=C1COCCCc2c(Cl)cc3[nH]ncc3c2-c2ncc3c(nc(OC[C@@]45CCCN4C[C@H](F)C5)nc3c2F)N2CC[C@H]3CCN1[C@H]3C2. The van der Waals surface area contributed by atoms with Crippen LogP contribution < -0.4 is 9.64 Å². The molecule has 6 aliphatic rings. The summed E-state index contributed by atoms with van der Waals surface area (Å²) < 4.78 is 43.9. The van der Waals surface area contributed by atoms with E-state index in [9.17, 15) is 9.18 Å². The Kier molecular flexibility index (Phi) is 7.43. The molecule has 6 bridgehead atoms. The molecule has 4 aromatic rings. The lowest BCUT2D eigenvalue weighted by Crippen LogP contribution is -2.51. The molecule has 0 aliphatic carbocycles. The van der Waals surface area contributed by atoms with Crippen LogP contribution in [0.3, 0.4) is 0 Å². The van der Waals surface area contributed by atoms with E-state index in [1.54, 1.807) is 18.5 Å². The van der Waals surface area contributed by atoms with Gasteiger partial charge in [0.1, 0.15) is 36.4 Å². The summed E-state index contributed by atoms with van der Waals surface area (Å²) in [6, 6.07) is 1.82. The number of hydrogen-bond donors (Lipinski definition) is 1. The number of anilines is 1. The van der Waals surface area contributed by atoms with Crippen LogP contribution in [0.15, 0.2) is 18.5 Å². The summed E-state index contributed by atoms with van der Waals surface area (Å²) >= 11 is 6.83. The number of halogens is 3. The number of hydrogen-bond acceptors (Lipinski definition) is 9. The zero-order chi connectivity index (χ0) is 32.6. The van der Waals surface area contributed by atoms with E-state index in [1.165, 1.54) is 0 Å². The first-order chi connectivity index (χ1) is 23.4. The molecule has 48 heavy (non-hydrogen) atoms. The number of nitrogens with zero attached hydrogens (tertiary/aromatic N) is 7. The van der Waals surface area contributed by atoms with Crippen LogP contribution in [0, 0.1) is 11.7 Å². The maximum atomic E-state index is 17.1. The molecule has 0 spiro atoms. The molecule has 3 aromatic heterocycles. The lowest BCUT2D eigenvalue weighted by atomic mass is 9.92. The predicted octanol–water partition coefficient (Wildman–Crippen LogP) is 4.71. The fourth-order valence-electron chi connectivity index (χ4n) is 9.00. The van der Waals surface area contributed by atoms with Crippen molar-refractivity contribution in [3.05, 3.63) is 34.9 Å². The van der Waals surface area contributed by atoms with Crippen LogP contribution >= 0.6 is 11.6 Å². The molecule has 1 amide bonds. The lowest BCUT2D eigenvalue weighted by molar-refractivity contribution is -0.137. The van der Waals surface area contributed by atoms with Gasteiger partial charge >= 0.3 is 6.01 Å². The van der Waals surface area contributed by atoms with E-state index in [0.29, 0.717) is 96.2 Å². The van der Waals surface area contributed by atoms with Gasteiger partial charge in [0.05, 0.1) is 28.7 Å². The Morgan fingerprint density at radius 1 is 1.12 bits per heavy atom. The van der Waals surface area contributed by atoms with Gasteiger partial charge in [0, 0.05) is 61.4 Å². The van der Waals surface area contributed by atoms with E-state index in [4.69, 9.17) is 31.0 Å². The van der Waals surface area contributed by atoms with E-state index in [1.807, 2.05) is 4.90 Å². The number of alkyl halides is 1. The van der Waals surface area contributed by atoms with Crippen LogP contribution in [0.5, 0.6) is 6.01 Å². The number of ether oxygens (including phenoxy) is 2. The van der Waals surface area contributed by atoms with Gasteiger partial charge in [-0.25, -0.2) is 8.78 Å². The molecule has 252 valence electrons. The number of carbonyl (C=O) groups is 1. The van der Waals surface area contributed by atoms with Crippen molar-refractivity contribution in [1.82, 2.24) is 34.9 Å². The van der Waals surface area contributed by atoms with E-state index in [0.717, 1.165) is 32.2 Å². The molecule has 4 saturated heterocycles. The molecule has 14 heteroatoms. The molecule has 9 heterocycles. The summed E-state index contributed by atoms with van der Waals surface area (Å²) in [5.41, 5.74) is 1.69. The summed E-state index contributed by atoms with van der Waals surface area (Å²) in [6.07, 6.45) is 7.44. The summed E-state index contributed by atoms with van der Waals surface area (Å²) in [5, 5.41) is 8.77. The Hall–Kier alpha value is -3.68. The van der Waals surface area contributed by atoms with Gasteiger partial charge in [-0.2, -0.15) is 15.1 Å². The molecule has 0 radical (unpaired) electrons. The quantitative estimate of drug-likeness (QED) is 0.329. The Morgan fingerprint density at radius 2 is 2.02 bits per heavy atom. The molecule has 4 fully saturated rings. The summed E-state index contributed by atoms with van der Waals surface area (Å²) in [6.45, 7) is 3.72. The molecular formula is C34H37ClF2N8O3. The fraction of sp³-hybridized carbons (Fsp3) is 0.559. The molecule has 6 aliphatic heterocycles. The van der Waals surface area contributed by atoms with Crippen LogP contribution in [0.4, 0.5) is 14.6 Å². The Balaban J connectivity index is 1.20. The van der Waals surface area contributed by atoms with Crippen molar-refractivity contribution in [3.63, 3.8) is 0 Å². The number of aromatic nitrogens is 5. The maximum Gasteiger partial charge on any atom is 0.319 e. The van der Waals surface area contributed by atoms with Gasteiger partial charge in [-0.1, -0.05) is 11.6 Å². The largest absolute Gasteiger partial charge is 0.461 e. The summed E-state index contributed by atoms with van der Waals surface area (Å²) in [7, 11) is 0. The van der Waals surface area contributed by atoms with Gasteiger partial charge < -0.3 is 19.3 Å². The van der Waals surface area contributed by atoms with Gasteiger partial charge in [0.15, 0.2) is 5.82 Å². The zero-order valence-electron chi connectivity index (χ0n) is 26.6. The third kappa shape index (κ3) is 4.91. The number of piperidine rings is 1. The third-order valence-electron chi connectivity index (χ3n) is 11.3. The molecular weight excluding hydrogens is 642 g/mol. The average molecular weight is 679 g/mol. The average Bonchev–Trinajstić information content (AvgIpc) is 3.86. The van der Waals surface area contributed by atoms with Crippen molar-refractivity contribution in [2.24, 2.45) is 5.92 Å². The minimum absolute atomic E-state index is 0.00681. The predicted molar refractivity (Wildman–Crippen MR) is 176 cm³/mol. The molecule has 10 rings (SSSR count). The highest BCUT2D eigenvalue weighted by Crippen LogP contribution is 2.43. The summed E-state index contributed by atoms with van der Waals surface area (Å²) in [5.74, 6) is 0.256. The first-order valence-electron chi connectivity index (χ1n) is 17.0. The second-order valence-corrected chi connectivity index (χ2v) is 14.4. The second kappa shape index (κ2) is 11.7. The Labute approximate surface area is 280 Å². The number of amides is 1. The van der Waals surface area contributed by atoms with Crippen LogP contribution in [-0.4, -0.2) is 111 Å². The number of H-pyrrole nitrogens is 1. The van der Waals surface area contributed by atoms with Crippen molar-refractivity contribution in [1.29, 1.82) is 0 Å². The van der Waals surface area contributed by atoms with E-state index < -0.39 is 17.5 Å². The molecule has 11 nitrogen and oxygen atoms in total. The maximum absolute atomic E-state index is 17.1. The third-order valence-corrected chi connectivity index (χ3v) is 11.7. The van der Waals surface area contributed by atoms with Crippen molar-refractivity contribution in [2.75, 3.05) is 57.4 Å². The van der Waals surface area contributed by atoms with Gasteiger partial charge in [-0.05, 0) is 62.6 Å². The molecule has 1 aromatic carbocycles. The standard InChI is InChI=1S/C34H37ClF2N8O3/c35-24-11-25-22(14-39-42-25)28-21(24)3-1-10-47-17-27(46)45-9-5-19-4-8-43(16-26(19)45)32-23-13-38-31(28)29(37)30(23)40-33(41-32)48-18-34-6-2-7-44(34)15-20(36)12-34/h11,13-14,19-20,26H,1-10,12,15-18H2,(H,39,42)/t19-,20+,26-,34-/m0/s1. The van der Waals surface area contributed by atoms with E-state index in [-0.39, 0.29) is 42.4 Å². The Bertz CT molecular complexity index is 1930. The highest BCUT2D eigenvalue weighted by atomic mass is 35.5. The normalized spacial score (nSPS) is 27.7. The molecule has 0 saturated carbocycles. The van der Waals surface area contributed by atoms with Crippen LogP contribution in [0.25, 0.3) is 33.1 Å². The zero-order valence-corrected chi connectivity index (χ0v) is 27.3. The second-order valence-electron chi connectivity index (χ2n) is 14.0. The van der Waals surface area contributed by atoms with Crippen molar-refractivity contribution < 1.29 is 23.0 Å². The van der Waals surface area contributed by atoms with E-state index >= 15 is 4.39 Å². The van der Waals surface area contributed by atoms with Crippen LogP contribution in [-0.2, 0) is 16.0 Å². The minimum atomic E-state index is -0.903. The van der Waals surface area contributed by atoms with Crippen LogP contribution in [0.1, 0.15) is 44.1 Å². The van der Waals surface area contributed by atoms with Gasteiger partial charge in [-0.3, -0.25) is 19.8 Å². The molecule has 0 unspecified atom stereocenters. The monoisotopic (exact) mass is 678 g/mol. The van der Waals surface area contributed by atoms with E-state index in [2.05, 4.69) is 25.0 Å². The highest BCUT2D eigenvalue weighted by Gasteiger charge is 2.49. The number of fused-ring (bicyclic) bond motifs is 8. The topological polar surface area (TPSA) is 113 Å². The fourth-order valence-corrected chi connectivity index (χ4v) is 9.30. The smallest absolute Gasteiger partial charge is 0.319 e. The van der Waals surface area contributed by atoms with Gasteiger partial charge in [-0.15, -0.1) is 0 Å². The van der Waals surface area contributed by atoms with Crippen LogP contribution in [0.2, 0.25) is 5.02 Å². The minimum Gasteiger partial charge on any atom is -0.461 e. The summed E-state index contributed by atoms with van der Waals surface area (Å²) in [4.78, 5) is 33.9. The first kappa shape index (κ1) is 30.4. The number of benzene rings is 1.